The zero-order valence-electron chi connectivity index (χ0n) is 22.2. The van der Waals surface area contributed by atoms with Gasteiger partial charge in [-0.3, -0.25) is 9.59 Å². The van der Waals surface area contributed by atoms with E-state index in [2.05, 4.69) is 15.3 Å². The second kappa shape index (κ2) is 12.2. The summed E-state index contributed by atoms with van der Waals surface area (Å²) in [5.74, 6) is -0.713. The van der Waals surface area contributed by atoms with E-state index >= 15 is 0 Å². The summed E-state index contributed by atoms with van der Waals surface area (Å²) >= 11 is 0. The van der Waals surface area contributed by atoms with Crippen molar-refractivity contribution in [3.8, 4) is 0 Å². The number of rotatable bonds is 9. The number of ketones is 1. The van der Waals surface area contributed by atoms with Crippen LogP contribution in [0.3, 0.4) is 0 Å². The maximum absolute atomic E-state index is 14.1. The number of carbonyl (C=O) groups excluding carboxylic acids is 3. The third-order valence-corrected chi connectivity index (χ3v) is 7.25. The minimum absolute atomic E-state index is 0.0393. The molecular formula is C29H36FN5O3. The molecule has 2 aromatic carbocycles. The van der Waals surface area contributed by atoms with E-state index in [1.807, 2.05) is 49.1 Å². The molecule has 0 bridgehead atoms. The average molecular weight is 522 g/mol. The van der Waals surface area contributed by atoms with Gasteiger partial charge in [-0.25, -0.2) is 14.2 Å². The van der Waals surface area contributed by atoms with Crippen molar-refractivity contribution in [1.29, 1.82) is 0 Å². The molecule has 1 aromatic heterocycles. The minimum atomic E-state index is -0.981. The summed E-state index contributed by atoms with van der Waals surface area (Å²) in [6.45, 7) is 4.86. The molecule has 1 aliphatic rings. The topological polar surface area (TPSA) is 98.4 Å². The Hall–Kier alpha value is -3.75. The van der Waals surface area contributed by atoms with Gasteiger partial charge in [-0.1, -0.05) is 43.3 Å². The molecule has 2 N–H and O–H groups in total. The first-order chi connectivity index (χ1) is 18.2. The zero-order chi connectivity index (χ0) is 27.2. The van der Waals surface area contributed by atoms with Crippen LogP contribution in [-0.2, 0) is 16.1 Å². The zero-order valence-corrected chi connectivity index (χ0v) is 22.2. The molecule has 38 heavy (non-hydrogen) atoms. The number of urea groups is 1. The number of likely N-dealkylation sites (tertiary alicyclic amines) is 1. The first-order valence-corrected chi connectivity index (χ1v) is 13.2. The van der Waals surface area contributed by atoms with Crippen molar-refractivity contribution in [1.82, 2.24) is 25.1 Å². The van der Waals surface area contributed by atoms with E-state index in [0.29, 0.717) is 24.4 Å². The Balaban J connectivity index is 1.48. The van der Waals surface area contributed by atoms with Crippen molar-refractivity contribution in [2.75, 3.05) is 13.6 Å². The fraction of sp³-hybridized carbons (Fsp3) is 0.448. The van der Waals surface area contributed by atoms with Gasteiger partial charge < -0.3 is 20.1 Å². The Kier molecular flexibility index (Phi) is 8.76. The summed E-state index contributed by atoms with van der Waals surface area (Å²) in [5.41, 5.74) is 1.74. The number of Topliss-reactive ketones (excluding diaryl/α,β-unsaturated/α-hetero) is 1. The number of piperidine rings is 1. The number of imidazole rings is 1. The molecule has 2 heterocycles. The Morgan fingerprint density at radius 1 is 1.13 bits per heavy atom. The van der Waals surface area contributed by atoms with Gasteiger partial charge in [0.1, 0.15) is 11.3 Å². The SMILES string of the molecule is C[C@H](CC(=O)[C@H](CC(=O)N1CCCC[C@@H]1C)NC(=O)N(C)Cc1ccccc1)c1nc2c(F)cccc2[nH]1. The molecule has 0 aliphatic carbocycles. The van der Waals surface area contributed by atoms with Gasteiger partial charge in [0.25, 0.3) is 0 Å². The van der Waals surface area contributed by atoms with Crippen LogP contribution in [0.15, 0.2) is 48.5 Å². The van der Waals surface area contributed by atoms with Gasteiger partial charge in [0.05, 0.1) is 18.0 Å². The number of H-pyrrole nitrogens is 1. The van der Waals surface area contributed by atoms with Crippen molar-refractivity contribution in [3.63, 3.8) is 0 Å². The van der Waals surface area contributed by atoms with E-state index < -0.39 is 17.9 Å². The quantitative estimate of drug-likeness (QED) is 0.424. The number of nitrogens with one attached hydrogen (secondary N) is 2. The first-order valence-electron chi connectivity index (χ1n) is 13.2. The van der Waals surface area contributed by atoms with Crippen LogP contribution >= 0.6 is 0 Å². The Bertz CT molecular complexity index is 1280. The van der Waals surface area contributed by atoms with E-state index in [0.717, 1.165) is 24.8 Å². The normalized spacial score (nSPS) is 17.2. The number of carbonyl (C=O) groups is 3. The lowest BCUT2D eigenvalue weighted by molar-refractivity contribution is -0.137. The third kappa shape index (κ3) is 6.57. The van der Waals surface area contributed by atoms with E-state index in [1.165, 1.54) is 11.0 Å². The van der Waals surface area contributed by atoms with E-state index in [1.54, 1.807) is 19.2 Å². The lowest BCUT2D eigenvalue weighted by Gasteiger charge is -2.34. The van der Waals surface area contributed by atoms with Gasteiger partial charge in [-0.05, 0) is 43.9 Å². The lowest BCUT2D eigenvalue weighted by atomic mass is 9.96. The number of aromatic nitrogens is 2. The largest absolute Gasteiger partial charge is 0.342 e. The van der Waals surface area contributed by atoms with Gasteiger partial charge in [0.15, 0.2) is 11.6 Å². The smallest absolute Gasteiger partial charge is 0.318 e. The highest BCUT2D eigenvalue weighted by molar-refractivity contribution is 5.93. The predicted octanol–water partition coefficient (Wildman–Crippen LogP) is 4.77. The maximum Gasteiger partial charge on any atom is 0.318 e. The van der Waals surface area contributed by atoms with Crippen LogP contribution in [0.25, 0.3) is 11.0 Å². The van der Waals surface area contributed by atoms with Gasteiger partial charge in [0.2, 0.25) is 5.91 Å². The molecule has 1 aliphatic heterocycles. The molecule has 1 fully saturated rings. The van der Waals surface area contributed by atoms with Crippen LogP contribution in [0, 0.1) is 5.82 Å². The van der Waals surface area contributed by atoms with Crippen LogP contribution in [0.4, 0.5) is 9.18 Å². The molecule has 0 spiro atoms. The second-order valence-corrected chi connectivity index (χ2v) is 10.3. The molecular weight excluding hydrogens is 485 g/mol. The molecule has 9 heteroatoms. The molecule has 0 unspecified atom stereocenters. The minimum Gasteiger partial charge on any atom is -0.342 e. The van der Waals surface area contributed by atoms with Gasteiger partial charge in [-0.15, -0.1) is 0 Å². The van der Waals surface area contributed by atoms with Gasteiger partial charge in [-0.2, -0.15) is 0 Å². The molecule has 8 nitrogen and oxygen atoms in total. The molecule has 3 atom stereocenters. The fourth-order valence-electron chi connectivity index (χ4n) is 4.98. The third-order valence-electron chi connectivity index (χ3n) is 7.25. The Labute approximate surface area is 222 Å². The van der Waals surface area contributed by atoms with E-state index in [4.69, 9.17) is 0 Å². The Morgan fingerprint density at radius 2 is 1.89 bits per heavy atom. The van der Waals surface area contributed by atoms with Crippen molar-refractivity contribution < 1.29 is 18.8 Å². The summed E-state index contributed by atoms with van der Waals surface area (Å²) in [4.78, 5) is 50.6. The van der Waals surface area contributed by atoms with Crippen molar-refractivity contribution in [2.45, 2.75) is 70.5 Å². The number of hydrogen-bond acceptors (Lipinski definition) is 4. The van der Waals surface area contributed by atoms with Crippen LogP contribution < -0.4 is 5.32 Å². The molecule has 4 rings (SSSR count). The highest BCUT2D eigenvalue weighted by atomic mass is 19.1. The van der Waals surface area contributed by atoms with Crippen molar-refractivity contribution >= 4 is 28.8 Å². The molecule has 202 valence electrons. The van der Waals surface area contributed by atoms with Crippen LogP contribution in [0.1, 0.15) is 63.3 Å². The summed E-state index contributed by atoms with van der Waals surface area (Å²) < 4.78 is 14.1. The summed E-state index contributed by atoms with van der Waals surface area (Å²) in [6.07, 6.45) is 2.87. The number of para-hydroxylation sites is 1. The number of fused-ring (bicyclic) bond motifs is 1. The predicted molar refractivity (Wildman–Crippen MR) is 144 cm³/mol. The number of amides is 3. The monoisotopic (exact) mass is 521 g/mol. The highest BCUT2D eigenvalue weighted by Gasteiger charge is 2.31. The molecule has 0 saturated carbocycles. The van der Waals surface area contributed by atoms with E-state index in [9.17, 15) is 18.8 Å². The number of benzene rings is 2. The maximum atomic E-state index is 14.1. The van der Waals surface area contributed by atoms with Crippen molar-refractivity contribution in [2.24, 2.45) is 0 Å². The van der Waals surface area contributed by atoms with Crippen LogP contribution in [-0.4, -0.2) is 63.2 Å². The number of hydrogen-bond donors (Lipinski definition) is 2. The molecule has 0 radical (unpaired) electrons. The number of aromatic amines is 1. The summed E-state index contributed by atoms with van der Waals surface area (Å²) in [5, 5.41) is 2.81. The first kappa shape index (κ1) is 27.3. The highest BCUT2D eigenvalue weighted by Crippen LogP contribution is 2.24. The molecule has 3 amide bonds. The van der Waals surface area contributed by atoms with Crippen molar-refractivity contribution in [3.05, 3.63) is 65.7 Å². The molecule has 1 saturated heterocycles. The summed E-state index contributed by atoms with van der Waals surface area (Å²) in [7, 11) is 1.66. The van der Waals surface area contributed by atoms with Gasteiger partial charge in [0, 0.05) is 38.5 Å². The summed E-state index contributed by atoms with van der Waals surface area (Å²) in [6, 6.07) is 12.9. The standard InChI is InChI=1S/C29H36FN5O3/c1-19(28-31-23-14-9-13-22(30)27(23)33-28)16-25(36)24(17-26(37)35-15-8-7-10-20(35)2)32-29(38)34(3)18-21-11-5-4-6-12-21/h4-6,9,11-14,19-20,24H,7-8,10,15-18H2,1-3H3,(H,31,33)(H,32,38)/t19-,20+,24+/m1/s1. The lowest BCUT2D eigenvalue weighted by Crippen LogP contribution is -2.50. The van der Waals surface area contributed by atoms with Crippen LogP contribution in [0.2, 0.25) is 0 Å². The number of nitrogens with zero attached hydrogens (tertiary/aromatic N) is 3. The van der Waals surface area contributed by atoms with Crippen LogP contribution in [0.5, 0.6) is 0 Å². The Morgan fingerprint density at radius 3 is 2.61 bits per heavy atom. The van der Waals surface area contributed by atoms with E-state index in [-0.39, 0.29) is 42.0 Å². The second-order valence-electron chi connectivity index (χ2n) is 10.3. The number of halogens is 1. The molecule has 3 aromatic rings. The van der Waals surface area contributed by atoms with Gasteiger partial charge >= 0.3 is 6.03 Å². The average Bonchev–Trinajstić information content (AvgIpc) is 3.35. The fourth-order valence-corrected chi connectivity index (χ4v) is 4.98.